The molecule has 0 aliphatic carbocycles. The molecule has 0 radical (unpaired) electrons. The number of imidazole rings is 1. The minimum absolute atomic E-state index is 0.0276. The number of nitrogens with one attached hydrogen (secondary N) is 1. The molecule has 0 saturated carbocycles. The maximum atomic E-state index is 14.2. The van der Waals surface area contributed by atoms with Crippen molar-refractivity contribution in [2.75, 3.05) is 5.32 Å². The van der Waals surface area contributed by atoms with Crippen molar-refractivity contribution in [1.82, 2.24) is 9.55 Å². The van der Waals surface area contributed by atoms with E-state index in [9.17, 15) is 14.0 Å². The van der Waals surface area contributed by atoms with Crippen LogP contribution in [0.2, 0.25) is 0 Å². The Hall–Kier alpha value is -2.80. The number of carbonyl (C=O) groups excluding carboxylic acids is 2. The van der Waals surface area contributed by atoms with Gasteiger partial charge in [0.25, 0.3) is 0 Å². The first kappa shape index (κ1) is 18.0. The third-order valence-corrected chi connectivity index (χ3v) is 4.29. The SMILES string of the molecule is O=C(CCC(=O)c1ccc(Br)cc1)Nc1ccc(-n2ccnc2)c(F)c1. The zero-order chi connectivity index (χ0) is 18.5. The zero-order valence-electron chi connectivity index (χ0n) is 13.7. The summed E-state index contributed by atoms with van der Waals surface area (Å²) < 4.78 is 16.6. The van der Waals surface area contributed by atoms with E-state index in [1.54, 1.807) is 48.8 Å². The van der Waals surface area contributed by atoms with E-state index < -0.39 is 5.82 Å². The number of halogens is 2. The number of Topliss-reactive ketones (excluding diaryl/α,β-unsaturated/α-hetero) is 1. The maximum absolute atomic E-state index is 14.2. The second-order valence-electron chi connectivity index (χ2n) is 5.61. The van der Waals surface area contributed by atoms with Crippen molar-refractivity contribution < 1.29 is 14.0 Å². The lowest BCUT2D eigenvalue weighted by molar-refractivity contribution is -0.116. The van der Waals surface area contributed by atoms with Gasteiger partial charge in [-0.1, -0.05) is 28.1 Å². The van der Waals surface area contributed by atoms with Crippen LogP contribution >= 0.6 is 15.9 Å². The molecule has 26 heavy (non-hydrogen) atoms. The summed E-state index contributed by atoms with van der Waals surface area (Å²) in [4.78, 5) is 28.0. The lowest BCUT2D eigenvalue weighted by Crippen LogP contribution is -2.14. The number of hydrogen-bond donors (Lipinski definition) is 1. The zero-order valence-corrected chi connectivity index (χ0v) is 15.2. The molecule has 5 nitrogen and oxygen atoms in total. The van der Waals surface area contributed by atoms with Gasteiger partial charge in [0.05, 0.1) is 12.0 Å². The van der Waals surface area contributed by atoms with Gasteiger partial charge in [0.1, 0.15) is 5.82 Å². The number of amides is 1. The summed E-state index contributed by atoms with van der Waals surface area (Å²) in [5, 5.41) is 2.61. The van der Waals surface area contributed by atoms with Crippen LogP contribution < -0.4 is 5.32 Å². The second-order valence-corrected chi connectivity index (χ2v) is 6.53. The maximum Gasteiger partial charge on any atom is 0.224 e. The summed E-state index contributed by atoms with van der Waals surface area (Å²) >= 11 is 3.31. The fraction of sp³-hybridized carbons (Fsp3) is 0.105. The number of carbonyl (C=O) groups is 2. The first-order valence-corrected chi connectivity index (χ1v) is 8.69. The Morgan fingerprint density at radius 1 is 1.12 bits per heavy atom. The molecule has 2 aromatic carbocycles. The van der Waals surface area contributed by atoms with Crippen LogP contribution in [0.25, 0.3) is 5.69 Å². The van der Waals surface area contributed by atoms with E-state index in [-0.39, 0.29) is 24.5 Å². The highest BCUT2D eigenvalue weighted by molar-refractivity contribution is 9.10. The van der Waals surface area contributed by atoms with Gasteiger partial charge >= 0.3 is 0 Å². The third kappa shape index (κ3) is 4.43. The van der Waals surface area contributed by atoms with Crippen LogP contribution in [0.4, 0.5) is 10.1 Å². The van der Waals surface area contributed by atoms with Gasteiger partial charge in [-0.05, 0) is 30.3 Å². The number of aromatic nitrogens is 2. The summed E-state index contributed by atoms with van der Waals surface area (Å²) in [5.41, 5.74) is 1.23. The molecule has 0 aliphatic rings. The average Bonchev–Trinajstić information content (AvgIpc) is 3.15. The van der Waals surface area contributed by atoms with Gasteiger partial charge in [0, 0.05) is 41.0 Å². The van der Waals surface area contributed by atoms with E-state index in [1.807, 2.05) is 0 Å². The molecule has 3 rings (SSSR count). The lowest BCUT2D eigenvalue weighted by Gasteiger charge is -2.08. The summed E-state index contributed by atoms with van der Waals surface area (Å²) in [5.74, 6) is -0.939. The first-order valence-electron chi connectivity index (χ1n) is 7.89. The topological polar surface area (TPSA) is 64.0 Å². The Kier molecular flexibility index (Phi) is 5.58. The molecule has 1 amide bonds. The monoisotopic (exact) mass is 415 g/mol. The second kappa shape index (κ2) is 8.05. The van der Waals surface area contributed by atoms with Crippen molar-refractivity contribution in [3.63, 3.8) is 0 Å². The number of rotatable bonds is 6. The van der Waals surface area contributed by atoms with Crippen molar-refractivity contribution in [3.05, 3.63) is 77.0 Å². The van der Waals surface area contributed by atoms with E-state index in [2.05, 4.69) is 26.2 Å². The average molecular weight is 416 g/mol. The Bertz CT molecular complexity index is 924. The number of nitrogens with zero attached hydrogens (tertiary/aromatic N) is 2. The molecule has 0 spiro atoms. The number of benzene rings is 2. The van der Waals surface area contributed by atoms with Crippen LogP contribution in [-0.4, -0.2) is 21.2 Å². The molecule has 1 N–H and O–H groups in total. The van der Waals surface area contributed by atoms with Gasteiger partial charge in [0.15, 0.2) is 5.78 Å². The number of anilines is 1. The van der Waals surface area contributed by atoms with E-state index in [0.29, 0.717) is 16.9 Å². The molecular weight excluding hydrogens is 401 g/mol. The Morgan fingerprint density at radius 2 is 1.88 bits per heavy atom. The van der Waals surface area contributed by atoms with Crippen molar-refractivity contribution >= 4 is 33.3 Å². The predicted molar refractivity (Wildman–Crippen MR) is 99.9 cm³/mol. The van der Waals surface area contributed by atoms with Crippen molar-refractivity contribution in [3.8, 4) is 5.69 Å². The van der Waals surface area contributed by atoms with Crippen molar-refractivity contribution in [2.45, 2.75) is 12.8 Å². The van der Waals surface area contributed by atoms with Gasteiger partial charge < -0.3 is 9.88 Å². The molecule has 0 bridgehead atoms. The summed E-state index contributed by atoms with van der Waals surface area (Å²) in [7, 11) is 0. The molecule has 1 aromatic heterocycles. The lowest BCUT2D eigenvalue weighted by atomic mass is 10.1. The number of ketones is 1. The largest absolute Gasteiger partial charge is 0.326 e. The van der Waals surface area contributed by atoms with Crippen LogP contribution in [0.15, 0.2) is 65.7 Å². The number of hydrogen-bond acceptors (Lipinski definition) is 3. The van der Waals surface area contributed by atoms with Crippen LogP contribution in [0, 0.1) is 5.82 Å². The fourth-order valence-electron chi connectivity index (χ4n) is 2.43. The standard InChI is InChI=1S/C19H15BrFN3O2/c20-14-3-1-13(2-4-14)18(25)7-8-19(26)23-15-5-6-17(16(21)11-15)24-10-9-22-12-24/h1-6,9-12H,7-8H2,(H,23,26). The molecule has 7 heteroatoms. The molecule has 0 fully saturated rings. The smallest absolute Gasteiger partial charge is 0.224 e. The van der Waals surface area contributed by atoms with Crippen LogP contribution in [0.5, 0.6) is 0 Å². The van der Waals surface area contributed by atoms with E-state index in [0.717, 1.165) is 4.47 Å². The molecule has 3 aromatic rings. The van der Waals surface area contributed by atoms with Crippen molar-refractivity contribution in [2.24, 2.45) is 0 Å². The molecule has 132 valence electrons. The normalized spacial score (nSPS) is 10.5. The molecule has 0 aliphatic heterocycles. The Labute approximate surface area is 158 Å². The molecule has 0 atom stereocenters. The van der Waals surface area contributed by atoms with Gasteiger partial charge in [0.2, 0.25) is 5.91 Å². The highest BCUT2D eigenvalue weighted by Crippen LogP contribution is 2.18. The molecule has 0 saturated heterocycles. The van der Waals surface area contributed by atoms with Gasteiger partial charge in [-0.15, -0.1) is 0 Å². The highest BCUT2D eigenvalue weighted by Gasteiger charge is 2.11. The van der Waals surface area contributed by atoms with E-state index >= 15 is 0 Å². The quantitative estimate of drug-likeness (QED) is 0.607. The Morgan fingerprint density at radius 3 is 2.54 bits per heavy atom. The van der Waals surface area contributed by atoms with Gasteiger partial charge in [-0.25, -0.2) is 9.37 Å². The Balaban J connectivity index is 1.57. The summed E-state index contributed by atoms with van der Waals surface area (Å²) in [6, 6.07) is 11.4. The van der Waals surface area contributed by atoms with Gasteiger partial charge in [-0.2, -0.15) is 0 Å². The minimum Gasteiger partial charge on any atom is -0.326 e. The van der Waals surface area contributed by atoms with Crippen molar-refractivity contribution in [1.29, 1.82) is 0 Å². The van der Waals surface area contributed by atoms with Crippen LogP contribution in [-0.2, 0) is 4.79 Å². The molecular formula is C19H15BrFN3O2. The molecule has 1 heterocycles. The van der Waals surface area contributed by atoms with Crippen LogP contribution in [0.1, 0.15) is 23.2 Å². The highest BCUT2D eigenvalue weighted by atomic mass is 79.9. The fourth-order valence-corrected chi connectivity index (χ4v) is 2.69. The van der Waals surface area contributed by atoms with Crippen LogP contribution in [0.3, 0.4) is 0 Å². The van der Waals surface area contributed by atoms with E-state index in [4.69, 9.17) is 0 Å². The first-order chi connectivity index (χ1) is 12.5. The van der Waals surface area contributed by atoms with E-state index in [1.165, 1.54) is 17.0 Å². The predicted octanol–water partition coefficient (Wildman–Crippen LogP) is 4.38. The van der Waals surface area contributed by atoms with Gasteiger partial charge in [-0.3, -0.25) is 9.59 Å². The third-order valence-electron chi connectivity index (χ3n) is 3.76. The minimum atomic E-state index is -0.480. The molecule has 0 unspecified atom stereocenters. The summed E-state index contributed by atoms with van der Waals surface area (Å²) in [6.45, 7) is 0. The summed E-state index contributed by atoms with van der Waals surface area (Å²) in [6.07, 6.45) is 4.79.